The number of ether oxygens (including phenoxy) is 1. The largest absolute Gasteiger partial charge is 0.462 e. The second-order valence-corrected chi connectivity index (χ2v) is 6.64. The van der Waals surface area contributed by atoms with Gasteiger partial charge in [0.15, 0.2) is 0 Å². The van der Waals surface area contributed by atoms with Gasteiger partial charge in [0.05, 0.1) is 23.2 Å². The fourth-order valence-electron chi connectivity index (χ4n) is 3.04. The van der Waals surface area contributed by atoms with Crippen LogP contribution in [-0.2, 0) is 23.1 Å². The third-order valence-corrected chi connectivity index (χ3v) is 4.42. The van der Waals surface area contributed by atoms with Crippen LogP contribution in [0.3, 0.4) is 0 Å². The number of aryl methyl sites for hydroxylation is 2. The third-order valence-electron chi connectivity index (χ3n) is 4.42. The van der Waals surface area contributed by atoms with Gasteiger partial charge in [0, 0.05) is 18.8 Å². The second kappa shape index (κ2) is 8.46. The van der Waals surface area contributed by atoms with E-state index in [1.165, 1.54) is 13.1 Å². The van der Waals surface area contributed by atoms with Crippen LogP contribution in [-0.4, -0.2) is 32.6 Å². The molecule has 0 aliphatic heterocycles. The molecular weight excluding hydrogens is 414 g/mol. The van der Waals surface area contributed by atoms with Crippen molar-refractivity contribution in [2.75, 3.05) is 11.9 Å². The van der Waals surface area contributed by atoms with Gasteiger partial charge in [-0.25, -0.2) is 23.4 Å². The first-order valence-corrected chi connectivity index (χ1v) is 9.17. The molecular formula is C20H18F2N4O5. The smallest absolute Gasteiger partial charge is 0.339 e. The maximum Gasteiger partial charge on any atom is 0.339 e. The highest BCUT2D eigenvalue weighted by Crippen LogP contribution is 2.16. The molecule has 2 aromatic heterocycles. The van der Waals surface area contributed by atoms with E-state index in [4.69, 9.17) is 4.74 Å². The number of nitrogens with zero attached hydrogens (tertiary/aromatic N) is 3. The number of carbonyl (C=O) groups excluding carboxylic acids is 2. The third kappa shape index (κ3) is 4.20. The fourth-order valence-corrected chi connectivity index (χ4v) is 3.04. The maximum atomic E-state index is 13.8. The monoisotopic (exact) mass is 432 g/mol. The number of anilines is 1. The number of hydrogen-bond acceptors (Lipinski definition) is 6. The highest BCUT2D eigenvalue weighted by molar-refractivity contribution is 6.02. The minimum Gasteiger partial charge on any atom is -0.462 e. The Kier molecular flexibility index (Phi) is 5.95. The summed E-state index contributed by atoms with van der Waals surface area (Å²) >= 11 is 0. The van der Waals surface area contributed by atoms with E-state index in [0.29, 0.717) is 10.3 Å². The Balaban J connectivity index is 2.12. The minimum atomic E-state index is -0.944. The molecule has 31 heavy (non-hydrogen) atoms. The number of aromatic nitrogens is 3. The summed E-state index contributed by atoms with van der Waals surface area (Å²) in [5, 5.41) is 1.92. The van der Waals surface area contributed by atoms with Crippen molar-refractivity contribution >= 4 is 28.6 Å². The van der Waals surface area contributed by atoms with Gasteiger partial charge in [-0.15, -0.1) is 0 Å². The van der Waals surface area contributed by atoms with Crippen molar-refractivity contribution in [1.82, 2.24) is 14.1 Å². The van der Waals surface area contributed by atoms with Crippen LogP contribution in [0.5, 0.6) is 0 Å². The minimum absolute atomic E-state index is 0.0501. The molecule has 1 N–H and O–H groups in total. The van der Waals surface area contributed by atoms with Crippen molar-refractivity contribution in [2.24, 2.45) is 7.05 Å². The molecule has 3 aromatic rings. The number of halogens is 2. The van der Waals surface area contributed by atoms with E-state index in [1.54, 1.807) is 13.8 Å². The molecule has 0 spiro atoms. The Morgan fingerprint density at radius 3 is 2.58 bits per heavy atom. The summed E-state index contributed by atoms with van der Waals surface area (Å²) in [4.78, 5) is 54.6. The second-order valence-electron chi connectivity index (χ2n) is 6.64. The van der Waals surface area contributed by atoms with E-state index < -0.39 is 47.0 Å². The Morgan fingerprint density at radius 2 is 1.90 bits per heavy atom. The van der Waals surface area contributed by atoms with Gasteiger partial charge in [-0.2, -0.15) is 0 Å². The Labute approximate surface area is 173 Å². The van der Waals surface area contributed by atoms with Crippen molar-refractivity contribution in [3.8, 4) is 0 Å². The summed E-state index contributed by atoms with van der Waals surface area (Å²) in [7, 11) is 1.33. The molecule has 11 heteroatoms. The first kappa shape index (κ1) is 21.8. The summed E-state index contributed by atoms with van der Waals surface area (Å²) in [5.41, 5.74) is -2.04. The molecule has 0 aliphatic carbocycles. The Hall–Kier alpha value is -3.89. The van der Waals surface area contributed by atoms with Gasteiger partial charge in [-0.1, -0.05) is 0 Å². The van der Waals surface area contributed by atoms with E-state index in [9.17, 15) is 28.0 Å². The van der Waals surface area contributed by atoms with E-state index in [2.05, 4.69) is 10.3 Å². The number of carbonyl (C=O) groups is 2. The number of esters is 1. The average molecular weight is 432 g/mol. The zero-order valence-corrected chi connectivity index (χ0v) is 16.9. The van der Waals surface area contributed by atoms with Crippen LogP contribution in [0, 0.1) is 18.6 Å². The van der Waals surface area contributed by atoms with E-state index in [1.807, 2.05) is 0 Å². The quantitative estimate of drug-likeness (QED) is 0.612. The molecule has 1 amide bonds. The van der Waals surface area contributed by atoms with Crippen molar-refractivity contribution in [3.63, 3.8) is 0 Å². The molecule has 3 rings (SSSR count). The molecule has 162 valence electrons. The van der Waals surface area contributed by atoms with Crippen molar-refractivity contribution < 1.29 is 23.1 Å². The molecule has 0 saturated carbocycles. The number of pyridine rings is 1. The number of hydrogen-bond donors (Lipinski definition) is 1. The fraction of sp³-hybridized carbons (Fsp3) is 0.250. The van der Waals surface area contributed by atoms with Crippen molar-refractivity contribution in [1.29, 1.82) is 0 Å². The molecule has 0 aliphatic rings. The molecule has 0 saturated heterocycles. The lowest BCUT2D eigenvalue weighted by molar-refractivity contribution is -0.116. The highest BCUT2D eigenvalue weighted by atomic mass is 19.1. The zero-order chi connectivity index (χ0) is 22.9. The van der Waals surface area contributed by atoms with Gasteiger partial charge in [-0.05, 0) is 32.0 Å². The number of fused-ring (bicyclic) bond motifs is 1. The van der Waals surface area contributed by atoms with Crippen LogP contribution in [0.4, 0.5) is 14.5 Å². The van der Waals surface area contributed by atoms with Crippen LogP contribution in [0.25, 0.3) is 11.0 Å². The van der Waals surface area contributed by atoms with Crippen LogP contribution < -0.4 is 16.6 Å². The molecule has 1 aromatic carbocycles. The normalized spacial score (nSPS) is 10.9. The van der Waals surface area contributed by atoms with E-state index >= 15 is 0 Å². The Bertz CT molecular complexity index is 1330. The molecule has 0 atom stereocenters. The van der Waals surface area contributed by atoms with Crippen LogP contribution >= 0.6 is 0 Å². The van der Waals surface area contributed by atoms with Crippen LogP contribution in [0.15, 0.2) is 33.9 Å². The van der Waals surface area contributed by atoms with Crippen molar-refractivity contribution in [2.45, 2.75) is 20.4 Å². The van der Waals surface area contributed by atoms with Gasteiger partial charge in [0.1, 0.15) is 23.8 Å². The van der Waals surface area contributed by atoms with Crippen molar-refractivity contribution in [3.05, 3.63) is 68.0 Å². The summed E-state index contributed by atoms with van der Waals surface area (Å²) in [6, 6.07) is 3.81. The van der Waals surface area contributed by atoms with Crippen LogP contribution in [0.1, 0.15) is 23.0 Å². The van der Waals surface area contributed by atoms with E-state index in [-0.39, 0.29) is 23.2 Å². The standard InChI is InChI=1S/C20H18F2N4O5/c1-4-31-19(29)12-7-10(2)23-17-16(12)18(28)26(20(30)25(17)3)9-15(27)24-14-8-11(21)5-6-13(14)22/h5-8H,4,9H2,1-3H3,(H,24,27). The predicted molar refractivity (Wildman–Crippen MR) is 107 cm³/mol. The number of rotatable bonds is 5. The lowest BCUT2D eigenvalue weighted by atomic mass is 10.1. The van der Waals surface area contributed by atoms with Crippen LogP contribution in [0.2, 0.25) is 0 Å². The molecule has 0 radical (unpaired) electrons. The van der Waals surface area contributed by atoms with Gasteiger partial charge < -0.3 is 10.1 Å². The molecule has 2 heterocycles. The molecule has 9 nitrogen and oxygen atoms in total. The first-order valence-electron chi connectivity index (χ1n) is 9.17. The lowest BCUT2D eigenvalue weighted by Gasteiger charge is -2.13. The predicted octanol–water partition coefficient (Wildman–Crippen LogP) is 1.50. The maximum absolute atomic E-state index is 13.8. The summed E-state index contributed by atoms with van der Waals surface area (Å²) < 4.78 is 33.7. The SMILES string of the molecule is CCOC(=O)c1cc(C)nc2c1c(=O)n(CC(=O)Nc1cc(F)ccc1F)c(=O)n2C. The Morgan fingerprint density at radius 1 is 1.19 bits per heavy atom. The summed E-state index contributed by atoms with van der Waals surface area (Å²) in [6.07, 6.45) is 0. The lowest BCUT2D eigenvalue weighted by Crippen LogP contribution is -2.42. The summed E-state index contributed by atoms with van der Waals surface area (Å²) in [5.74, 6) is -3.40. The topological polar surface area (TPSA) is 112 Å². The highest BCUT2D eigenvalue weighted by Gasteiger charge is 2.22. The first-order chi connectivity index (χ1) is 14.6. The average Bonchev–Trinajstić information content (AvgIpc) is 2.71. The molecule has 0 bridgehead atoms. The van der Waals surface area contributed by atoms with Gasteiger partial charge in [-0.3, -0.25) is 18.7 Å². The number of benzene rings is 1. The summed E-state index contributed by atoms with van der Waals surface area (Å²) in [6.45, 7) is 2.44. The van der Waals surface area contributed by atoms with Gasteiger partial charge >= 0.3 is 11.7 Å². The van der Waals surface area contributed by atoms with E-state index in [0.717, 1.165) is 22.8 Å². The number of amides is 1. The van der Waals surface area contributed by atoms with Gasteiger partial charge in [0.25, 0.3) is 5.56 Å². The number of nitrogens with one attached hydrogen (secondary N) is 1. The van der Waals surface area contributed by atoms with Gasteiger partial charge in [0.2, 0.25) is 5.91 Å². The zero-order valence-electron chi connectivity index (χ0n) is 16.9. The molecule has 0 fully saturated rings. The molecule has 0 unspecified atom stereocenters.